The number of aromatic nitrogens is 1. The molecule has 0 amide bonds. The van der Waals surface area contributed by atoms with Crippen LogP contribution < -0.4 is 9.47 Å². The van der Waals surface area contributed by atoms with Gasteiger partial charge in [0.15, 0.2) is 5.69 Å². The lowest BCUT2D eigenvalue weighted by Crippen LogP contribution is -2.19. The normalized spacial score (nSPS) is 11.2. The average molecular weight is 269 g/mol. The maximum Gasteiger partial charge on any atom is 0.574 e. The summed E-state index contributed by atoms with van der Waals surface area (Å²) in [6.45, 7) is -1.25. The number of methoxy groups -OCH3 is 1. The van der Waals surface area contributed by atoms with Crippen molar-refractivity contribution in [3.63, 3.8) is 0 Å². The van der Waals surface area contributed by atoms with Crippen LogP contribution in [-0.2, 0) is 6.67 Å². The molecule has 18 heavy (non-hydrogen) atoms. The molecular weight excluding hydrogens is 262 g/mol. The second kappa shape index (κ2) is 5.07. The number of ether oxygens (including phenoxy) is 2. The Bertz CT molecular complexity index is 461. The summed E-state index contributed by atoms with van der Waals surface area (Å²) >= 11 is 0. The van der Waals surface area contributed by atoms with Crippen LogP contribution in [-0.4, -0.2) is 29.5 Å². The Kier molecular flexibility index (Phi) is 3.94. The van der Waals surface area contributed by atoms with Crippen molar-refractivity contribution < 1.29 is 36.9 Å². The summed E-state index contributed by atoms with van der Waals surface area (Å²) in [4.78, 5) is 13.8. The first-order valence-electron chi connectivity index (χ1n) is 4.41. The Hall–Kier alpha value is -2.06. The van der Waals surface area contributed by atoms with Crippen LogP contribution in [0, 0.1) is 0 Å². The van der Waals surface area contributed by atoms with E-state index in [0.29, 0.717) is 6.07 Å². The minimum atomic E-state index is -5.04. The second-order valence-corrected chi connectivity index (χ2v) is 2.98. The Morgan fingerprint density at radius 2 is 2.11 bits per heavy atom. The number of carboxylic acid groups (broad SMARTS) is 1. The number of hydrogen-bond acceptors (Lipinski definition) is 4. The van der Waals surface area contributed by atoms with E-state index in [4.69, 9.17) is 5.11 Å². The van der Waals surface area contributed by atoms with Crippen molar-refractivity contribution in [3.05, 3.63) is 17.3 Å². The first-order valence-corrected chi connectivity index (χ1v) is 4.41. The summed E-state index contributed by atoms with van der Waals surface area (Å²) in [7, 11) is 1.05. The molecule has 0 atom stereocenters. The smallest absolute Gasteiger partial charge is 0.496 e. The minimum Gasteiger partial charge on any atom is -0.496 e. The monoisotopic (exact) mass is 269 g/mol. The van der Waals surface area contributed by atoms with Crippen molar-refractivity contribution in [1.82, 2.24) is 4.98 Å². The molecule has 0 saturated heterocycles. The summed E-state index contributed by atoms with van der Waals surface area (Å²) < 4.78 is 56.6. The van der Waals surface area contributed by atoms with E-state index in [1.54, 1.807) is 0 Å². The molecule has 0 unspecified atom stereocenters. The third kappa shape index (κ3) is 3.22. The Morgan fingerprint density at radius 3 is 2.50 bits per heavy atom. The molecule has 0 bridgehead atoms. The predicted molar refractivity (Wildman–Crippen MR) is 49.2 cm³/mol. The maximum atomic E-state index is 12.6. The largest absolute Gasteiger partial charge is 0.574 e. The van der Waals surface area contributed by atoms with E-state index in [1.807, 2.05) is 0 Å². The highest BCUT2D eigenvalue weighted by atomic mass is 19.4. The maximum absolute atomic E-state index is 12.6. The van der Waals surface area contributed by atoms with Gasteiger partial charge in [0.25, 0.3) is 0 Å². The van der Waals surface area contributed by atoms with Gasteiger partial charge in [0, 0.05) is 6.07 Å². The standard InChI is InChI=1S/C9H7F4NO4/c1-17-5-2-6(18-9(11,12)13)14-7(8(15)16)4(5)3-10/h2H,3H2,1H3,(H,15,16). The number of halogens is 4. The predicted octanol–water partition coefficient (Wildman–Crippen LogP) is 2.16. The molecule has 0 spiro atoms. The van der Waals surface area contributed by atoms with Gasteiger partial charge in [-0.05, 0) is 0 Å². The lowest BCUT2D eigenvalue weighted by Gasteiger charge is -2.12. The van der Waals surface area contributed by atoms with Crippen LogP contribution in [0.15, 0.2) is 6.07 Å². The number of carboxylic acids is 1. The van der Waals surface area contributed by atoms with Crippen LogP contribution in [0.25, 0.3) is 0 Å². The molecule has 5 nitrogen and oxygen atoms in total. The van der Waals surface area contributed by atoms with E-state index in [9.17, 15) is 22.4 Å². The molecule has 9 heteroatoms. The van der Waals surface area contributed by atoms with Crippen LogP contribution in [0.1, 0.15) is 16.1 Å². The average Bonchev–Trinajstić information content (AvgIpc) is 2.25. The van der Waals surface area contributed by atoms with Gasteiger partial charge in [-0.15, -0.1) is 13.2 Å². The van der Waals surface area contributed by atoms with Gasteiger partial charge in [-0.25, -0.2) is 14.2 Å². The molecule has 1 N–H and O–H groups in total. The van der Waals surface area contributed by atoms with Crippen molar-refractivity contribution >= 4 is 5.97 Å². The zero-order valence-electron chi connectivity index (χ0n) is 8.92. The fraction of sp³-hybridized carbons (Fsp3) is 0.333. The van der Waals surface area contributed by atoms with Gasteiger partial charge in [-0.2, -0.15) is 0 Å². The van der Waals surface area contributed by atoms with Gasteiger partial charge >= 0.3 is 12.3 Å². The lowest BCUT2D eigenvalue weighted by molar-refractivity contribution is -0.276. The molecule has 0 saturated carbocycles. The van der Waals surface area contributed by atoms with E-state index in [0.717, 1.165) is 7.11 Å². The molecular formula is C9H7F4NO4. The van der Waals surface area contributed by atoms with E-state index in [-0.39, 0.29) is 5.75 Å². The van der Waals surface area contributed by atoms with Gasteiger partial charge in [0.1, 0.15) is 12.4 Å². The van der Waals surface area contributed by atoms with E-state index < -0.39 is 36.1 Å². The fourth-order valence-electron chi connectivity index (χ4n) is 1.18. The summed E-state index contributed by atoms with van der Waals surface area (Å²) in [6, 6.07) is 0.662. The summed E-state index contributed by atoms with van der Waals surface area (Å²) in [5.41, 5.74) is -1.35. The summed E-state index contributed by atoms with van der Waals surface area (Å²) in [5.74, 6) is -3.10. The van der Waals surface area contributed by atoms with E-state index >= 15 is 0 Å². The Balaban J connectivity index is 3.32. The fourth-order valence-corrected chi connectivity index (χ4v) is 1.18. The van der Waals surface area contributed by atoms with Gasteiger partial charge in [-0.1, -0.05) is 0 Å². The number of pyridine rings is 1. The Morgan fingerprint density at radius 1 is 1.50 bits per heavy atom. The Labute approximate surface area is 98.0 Å². The van der Waals surface area contributed by atoms with Crippen molar-refractivity contribution in [2.45, 2.75) is 13.0 Å². The van der Waals surface area contributed by atoms with E-state index in [2.05, 4.69) is 14.5 Å². The zero-order valence-corrected chi connectivity index (χ0v) is 8.92. The third-order valence-electron chi connectivity index (χ3n) is 1.84. The summed E-state index contributed by atoms with van der Waals surface area (Å²) in [6.07, 6.45) is -5.04. The molecule has 0 aliphatic heterocycles. The quantitative estimate of drug-likeness (QED) is 0.848. The van der Waals surface area contributed by atoms with Crippen LogP contribution in [0.3, 0.4) is 0 Å². The number of carbonyl (C=O) groups is 1. The molecule has 0 fully saturated rings. The molecule has 1 rings (SSSR count). The molecule has 100 valence electrons. The molecule has 0 aromatic carbocycles. The number of aromatic carboxylic acids is 1. The molecule has 1 aromatic heterocycles. The first kappa shape index (κ1) is 14.0. The number of rotatable bonds is 4. The highest BCUT2D eigenvalue weighted by molar-refractivity contribution is 5.88. The van der Waals surface area contributed by atoms with Gasteiger partial charge in [0.2, 0.25) is 5.88 Å². The van der Waals surface area contributed by atoms with Crippen LogP contribution in [0.4, 0.5) is 17.6 Å². The molecule has 0 aliphatic rings. The van der Waals surface area contributed by atoms with Crippen LogP contribution in [0.5, 0.6) is 11.6 Å². The SMILES string of the molecule is COc1cc(OC(F)(F)F)nc(C(=O)O)c1CF. The van der Waals surface area contributed by atoms with Crippen molar-refractivity contribution in [2.24, 2.45) is 0 Å². The highest BCUT2D eigenvalue weighted by Gasteiger charge is 2.33. The lowest BCUT2D eigenvalue weighted by atomic mass is 10.2. The minimum absolute atomic E-state index is 0.385. The molecule has 1 heterocycles. The number of alkyl halides is 4. The highest BCUT2D eigenvalue weighted by Crippen LogP contribution is 2.29. The topological polar surface area (TPSA) is 68.7 Å². The number of hydrogen-bond donors (Lipinski definition) is 1. The molecule has 0 aliphatic carbocycles. The number of nitrogens with zero attached hydrogens (tertiary/aromatic N) is 1. The van der Waals surface area contributed by atoms with Crippen LogP contribution >= 0.6 is 0 Å². The van der Waals surface area contributed by atoms with E-state index in [1.165, 1.54) is 0 Å². The summed E-state index contributed by atoms with van der Waals surface area (Å²) in [5, 5.41) is 8.72. The van der Waals surface area contributed by atoms with Crippen molar-refractivity contribution in [1.29, 1.82) is 0 Å². The first-order chi connectivity index (χ1) is 8.28. The van der Waals surface area contributed by atoms with Gasteiger partial charge in [0.05, 0.1) is 12.7 Å². The van der Waals surface area contributed by atoms with Gasteiger partial charge in [-0.3, -0.25) is 0 Å². The third-order valence-corrected chi connectivity index (χ3v) is 1.84. The second-order valence-electron chi connectivity index (χ2n) is 2.98. The molecule has 1 aromatic rings. The zero-order chi connectivity index (χ0) is 13.9. The van der Waals surface area contributed by atoms with Crippen molar-refractivity contribution in [3.8, 4) is 11.6 Å². The van der Waals surface area contributed by atoms with Crippen molar-refractivity contribution in [2.75, 3.05) is 7.11 Å². The molecule has 0 radical (unpaired) electrons. The van der Waals surface area contributed by atoms with Gasteiger partial charge < -0.3 is 14.6 Å². The van der Waals surface area contributed by atoms with Crippen LogP contribution in [0.2, 0.25) is 0 Å².